The minimum Gasteiger partial charge on any atom is -0.496 e. The molecule has 4 atom stereocenters. The number of ether oxygens (including phenoxy) is 1. The zero-order chi connectivity index (χ0) is 14.7. The first kappa shape index (κ1) is 15.3. The summed E-state index contributed by atoms with van der Waals surface area (Å²) < 4.78 is 5.38. The van der Waals surface area contributed by atoms with Gasteiger partial charge in [-0.05, 0) is 42.4 Å². The van der Waals surface area contributed by atoms with Crippen LogP contribution >= 0.6 is 0 Å². The van der Waals surface area contributed by atoms with Gasteiger partial charge in [0, 0.05) is 12.5 Å². The summed E-state index contributed by atoms with van der Waals surface area (Å²) in [6.45, 7) is 4.73. The summed E-state index contributed by atoms with van der Waals surface area (Å²) in [5.74, 6) is 1.82. The minimum absolute atomic E-state index is 0.00458. The molecule has 3 heteroatoms. The zero-order valence-corrected chi connectivity index (χ0v) is 12.8. The molecule has 0 saturated heterocycles. The van der Waals surface area contributed by atoms with Crippen LogP contribution in [0.15, 0.2) is 18.2 Å². The van der Waals surface area contributed by atoms with Gasteiger partial charge in [-0.3, -0.25) is 0 Å². The van der Waals surface area contributed by atoms with E-state index in [1.165, 1.54) is 12.8 Å². The van der Waals surface area contributed by atoms with Crippen LogP contribution in [0, 0.1) is 18.8 Å². The summed E-state index contributed by atoms with van der Waals surface area (Å²) in [5.41, 5.74) is 8.14. The van der Waals surface area contributed by atoms with Crippen molar-refractivity contribution in [1.29, 1.82) is 0 Å². The van der Waals surface area contributed by atoms with Crippen molar-refractivity contribution >= 4 is 0 Å². The third-order valence-electron chi connectivity index (χ3n) is 4.89. The molecule has 2 rings (SSSR count). The van der Waals surface area contributed by atoms with Crippen LogP contribution in [-0.4, -0.2) is 24.9 Å². The van der Waals surface area contributed by atoms with Gasteiger partial charge in [0.05, 0.1) is 13.2 Å². The Kier molecular flexibility index (Phi) is 5.06. The van der Waals surface area contributed by atoms with E-state index in [1.807, 2.05) is 19.1 Å². The van der Waals surface area contributed by atoms with Crippen molar-refractivity contribution in [3.63, 3.8) is 0 Å². The number of aliphatic hydroxyl groups excluding tert-OH is 1. The molecule has 1 aromatic rings. The van der Waals surface area contributed by atoms with Crippen molar-refractivity contribution in [3.05, 3.63) is 29.3 Å². The van der Waals surface area contributed by atoms with E-state index < -0.39 is 0 Å². The normalized spacial score (nSPS) is 25.4. The number of benzene rings is 1. The van der Waals surface area contributed by atoms with Crippen molar-refractivity contribution in [3.8, 4) is 5.75 Å². The highest BCUT2D eigenvalue weighted by Gasteiger charge is 2.34. The summed E-state index contributed by atoms with van der Waals surface area (Å²) in [5, 5.41) is 10.7. The number of nitrogens with two attached hydrogens (primary N) is 1. The summed E-state index contributed by atoms with van der Waals surface area (Å²) >= 11 is 0. The first-order valence-corrected chi connectivity index (χ1v) is 7.61. The van der Waals surface area contributed by atoms with Crippen LogP contribution in [0.2, 0.25) is 0 Å². The molecule has 0 bridgehead atoms. The second kappa shape index (κ2) is 6.59. The second-order valence-corrected chi connectivity index (χ2v) is 6.13. The first-order valence-electron chi connectivity index (χ1n) is 7.61. The minimum atomic E-state index is -0.357. The zero-order valence-electron chi connectivity index (χ0n) is 12.8. The van der Waals surface area contributed by atoms with Crippen molar-refractivity contribution in [2.24, 2.45) is 17.6 Å². The van der Waals surface area contributed by atoms with Gasteiger partial charge < -0.3 is 15.6 Å². The van der Waals surface area contributed by atoms with E-state index in [0.29, 0.717) is 18.4 Å². The summed E-state index contributed by atoms with van der Waals surface area (Å²) in [6.07, 6.45) is 3.19. The van der Waals surface area contributed by atoms with Gasteiger partial charge in [-0.2, -0.15) is 0 Å². The van der Waals surface area contributed by atoms with E-state index in [2.05, 4.69) is 13.0 Å². The molecule has 1 saturated carbocycles. The topological polar surface area (TPSA) is 55.5 Å². The van der Waals surface area contributed by atoms with Gasteiger partial charge in [-0.25, -0.2) is 0 Å². The number of methoxy groups -OCH3 is 1. The lowest BCUT2D eigenvalue weighted by molar-refractivity contribution is 0.0664. The molecule has 1 fully saturated rings. The largest absolute Gasteiger partial charge is 0.496 e. The highest BCUT2D eigenvalue weighted by atomic mass is 16.5. The second-order valence-electron chi connectivity index (χ2n) is 6.13. The van der Waals surface area contributed by atoms with Gasteiger partial charge in [0.15, 0.2) is 0 Å². The molecule has 4 unspecified atom stereocenters. The molecule has 3 nitrogen and oxygen atoms in total. The molecule has 1 aromatic carbocycles. The standard InChI is InChI=1S/C17H27NO2/c1-11-5-4-6-14(11)17(19)15(10-18)13-8-7-12(2)16(9-13)20-3/h7-9,11,14-15,17,19H,4-6,10,18H2,1-3H3. The van der Waals surface area contributed by atoms with E-state index in [0.717, 1.165) is 23.3 Å². The van der Waals surface area contributed by atoms with E-state index >= 15 is 0 Å². The van der Waals surface area contributed by atoms with Crippen molar-refractivity contribution in [2.45, 2.75) is 45.1 Å². The highest BCUT2D eigenvalue weighted by Crippen LogP contribution is 2.39. The SMILES string of the molecule is COc1cc(C(CN)C(O)C2CCCC2C)ccc1C. The number of aliphatic hydroxyl groups is 1. The van der Waals surface area contributed by atoms with Crippen LogP contribution < -0.4 is 10.5 Å². The summed E-state index contributed by atoms with van der Waals surface area (Å²) in [7, 11) is 1.68. The molecule has 0 aliphatic heterocycles. The average Bonchev–Trinajstić information content (AvgIpc) is 2.87. The average molecular weight is 277 g/mol. The number of hydrogen-bond donors (Lipinski definition) is 2. The smallest absolute Gasteiger partial charge is 0.122 e. The van der Waals surface area contributed by atoms with E-state index in [-0.39, 0.29) is 12.0 Å². The fourth-order valence-corrected chi connectivity index (χ4v) is 3.52. The molecule has 112 valence electrons. The lowest BCUT2D eigenvalue weighted by Crippen LogP contribution is -2.33. The Hall–Kier alpha value is -1.06. The Balaban J connectivity index is 2.23. The summed E-state index contributed by atoms with van der Waals surface area (Å²) in [4.78, 5) is 0. The fraction of sp³-hybridized carbons (Fsp3) is 0.647. The molecule has 0 radical (unpaired) electrons. The van der Waals surface area contributed by atoms with E-state index in [9.17, 15) is 5.11 Å². The Bertz CT molecular complexity index is 447. The number of aryl methyl sites for hydroxylation is 1. The Labute approximate surface area is 122 Å². The Morgan fingerprint density at radius 2 is 2.15 bits per heavy atom. The lowest BCUT2D eigenvalue weighted by atomic mass is 9.81. The molecular weight excluding hydrogens is 250 g/mol. The van der Waals surface area contributed by atoms with Crippen LogP contribution in [0.25, 0.3) is 0 Å². The molecule has 20 heavy (non-hydrogen) atoms. The number of hydrogen-bond acceptors (Lipinski definition) is 3. The maximum atomic E-state index is 10.7. The van der Waals surface area contributed by atoms with Crippen molar-refractivity contribution in [1.82, 2.24) is 0 Å². The van der Waals surface area contributed by atoms with Crippen LogP contribution in [0.4, 0.5) is 0 Å². The van der Waals surface area contributed by atoms with Gasteiger partial charge in [-0.1, -0.05) is 31.9 Å². The predicted octanol–water partition coefficient (Wildman–Crippen LogP) is 2.84. The third-order valence-corrected chi connectivity index (χ3v) is 4.89. The van der Waals surface area contributed by atoms with Crippen LogP contribution in [0.1, 0.15) is 43.2 Å². The van der Waals surface area contributed by atoms with Gasteiger partial charge in [0.2, 0.25) is 0 Å². The van der Waals surface area contributed by atoms with E-state index in [4.69, 9.17) is 10.5 Å². The fourth-order valence-electron chi connectivity index (χ4n) is 3.52. The quantitative estimate of drug-likeness (QED) is 0.870. The molecule has 0 spiro atoms. The van der Waals surface area contributed by atoms with Gasteiger partial charge in [-0.15, -0.1) is 0 Å². The third kappa shape index (κ3) is 2.99. The van der Waals surface area contributed by atoms with Crippen LogP contribution in [0.3, 0.4) is 0 Å². The Morgan fingerprint density at radius 3 is 2.70 bits per heavy atom. The molecule has 3 N–H and O–H groups in total. The first-order chi connectivity index (χ1) is 9.58. The molecule has 0 aromatic heterocycles. The number of rotatable bonds is 5. The summed E-state index contributed by atoms with van der Waals surface area (Å²) in [6, 6.07) is 6.13. The highest BCUT2D eigenvalue weighted by molar-refractivity contribution is 5.38. The maximum absolute atomic E-state index is 10.7. The predicted molar refractivity (Wildman–Crippen MR) is 82.0 cm³/mol. The van der Waals surface area contributed by atoms with Gasteiger partial charge >= 0.3 is 0 Å². The molecule has 1 aliphatic rings. The van der Waals surface area contributed by atoms with E-state index in [1.54, 1.807) is 7.11 Å². The van der Waals surface area contributed by atoms with Crippen molar-refractivity contribution in [2.75, 3.05) is 13.7 Å². The van der Waals surface area contributed by atoms with Crippen molar-refractivity contribution < 1.29 is 9.84 Å². The van der Waals surface area contributed by atoms with Crippen LogP contribution in [-0.2, 0) is 0 Å². The molecular formula is C17H27NO2. The van der Waals surface area contributed by atoms with Crippen LogP contribution in [0.5, 0.6) is 5.75 Å². The Morgan fingerprint density at radius 1 is 1.40 bits per heavy atom. The molecule has 0 heterocycles. The van der Waals surface area contributed by atoms with Gasteiger partial charge in [0.25, 0.3) is 0 Å². The maximum Gasteiger partial charge on any atom is 0.122 e. The van der Waals surface area contributed by atoms with Gasteiger partial charge in [0.1, 0.15) is 5.75 Å². The molecule has 1 aliphatic carbocycles. The monoisotopic (exact) mass is 277 g/mol. The molecule has 0 amide bonds. The lowest BCUT2D eigenvalue weighted by Gasteiger charge is -2.30.